The molecule has 0 heterocycles. The molecule has 0 fully saturated rings. The lowest BCUT2D eigenvalue weighted by Gasteiger charge is -2.28. The zero-order chi connectivity index (χ0) is 19.6. The maximum absolute atomic E-state index is 12.8. The molecule has 5 nitrogen and oxygen atoms in total. The number of carbonyl (C=O) groups excluding carboxylic acids is 2. The van der Waals surface area contributed by atoms with Gasteiger partial charge in [0.15, 0.2) is 6.61 Å². The van der Waals surface area contributed by atoms with Crippen molar-refractivity contribution in [2.24, 2.45) is 0 Å². The average molecular weight is 389 g/mol. The highest BCUT2D eigenvalue weighted by Gasteiger charge is 2.25. The molecule has 0 aliphatic carbocycles. The van der Waals surface area contributed by atoms with Crippen LogP contribution in [0, 0.1) is 0 Å². The number of ether oxygens (including phenoxy) is 1. The minimum absolute atomic E-state index is 0.178. The van der Waals surface area contributed by atoms with Crippen LogP contribution in [0.3, 0.4) is 0 Å². The highest BCUT2D eigenvalue weighted by atomic mass is 35.5. The van der Waals surface area contributed by atoms with E-state index in [1.807, 2.05) is 37.3 Å². The predicted molar refractivity (Wildman–Crippen MR) is 107 cm³/mol. The summed E-state index contributed by atoms with van der Waals surface area (Å²) in [7, 11) is 0. The van der Waals surface area contributed by atoms with E-state index in [2.05, 4.69) is 5.32 Å². The lowest BCUT2D eigenvalue weighted by molar-refractivity contribution is -0.141. The molecule has 27 heavy (non-hydrogen) atoms. The quantitative estimate of drug-likeness (QED) is 0.716. The summed E-state index contributed by atoms with van der Waals surface area (Å²) in [5.74, 6) is 0.00227. The standard InChI is InChI=1S/C21H25ClN2O3/c1-3-23-21(26)16(2)24(14-13-17-9-5-4-6-10-17)20(25)15-27-19-12-8-7-11-18(19)22/h4-12,16H,3,13-15H2,1-2H3,(H,23,26)/t16-/m0/s1. The zero-order valence-electron chi connectivity index (χ0n) is 15.7. The number of carbonyl (C=O) groups is 2. The predicted octanol–water partition coefficient (Wildman–Crippen LogP) is 3.31. The summed E-state index contributed by atoms with van der Waals surface area (Å²) in [4.78, 5) is 26.6. The molecule has 1 atom stereocenters. The third-order valence-corrected chi connectivity index (χ3v) is 4.50. The molecule has 0 unspecified atom stereocenters. The van der Waals surface area contributed by atoms with Crippen LogP contribution in [0.1, 0.15) is 19.4 Å². The Morgan fingerprint density at radius 3 is 2.44 bits per heavy atom. The molecular weight excluding hydrogens is 364 g/mol. The van der Waals surface area contributed by atoms with E-state index in [4.69, 9.17) is 16.3 Å². The number of nitrogens with zero attached hydrogens (tertiary/aromatic N) is 1. The van der Waals surface area contributed by atoms with E-state index < -0.39 is 6.04 Å². The van der Waals surface area contributed by atoms with Crippen LogP contribution in [0.2, 0.25) is 5.02 Å². The van der Waals surface area contributed by atoms with Crippen LogP contribution in [0.15, 0.2) is 54.6 Å². The molecule has 0 radical (unpaired) electrons. The van der Waals surface area contributed by atoms with Gasteiger partial charge < -0.3 is 15.0 Å². The Balaban J connectivity index is 2.06. The van der Waals surface area contributed by atoms with Crippen molar-refractivity contribution in [3.05, 3.63) is 65.2 Å². The number of para-hydroxylation sites is 1. The van der Waals surface area contributed by atoms with Gasteiger partial charge in [-0.2, -0.15) is 0 Å². The smallest absolute Gasteiger partial charge is 0.261 e. The molecule has 0 aliphatic heterocycles. The van der Waals surface area contributed by atoms with E-state index >= 15 is 0 Å². The Hall–Kier alpha value is -2.53. The first-order valence-electron chi connectivity index (χ1n) is 9.01. The first-order chi connectivity index (χ1) is 13.0. The van der Waals surface area contributed by atoms with Crippen LogP contribution in [0.4, 0.5) is 0 Å². The lowest BCUT2D eigenvalue weighted by Crippen LogP contribution is -2.50. The Kier molecular flexibility index (Phi) is 8.14. The van der Waals surface area contributed by atoms with E-state index in [9.17, 15) is 9.59 Å². The summed E-state index contributed by atoms with van der Waals surface area (Å²) in [5, 5.41) is 3.21. The maximum atomic E-state index is 12.8. The number of amides is 2. The third-order valence-electron chi connectivity index (χ3n) is 4.19. The Labute approximate surface area is 165 Å². The highest BCUT2D eigenvalue weighted by Crippen LogP contribution is 2.23. The molecule has 2 aromatic carbocycles. The van der Waals surface area contributed by atoms with Gasteiger partial charge in [-0.1, -0.05) is 54.1 Å². The molecule has 0 spiro atoms. The number of halogens is 1. The van der Waals surface area contributed by atoms with Gasteiger partial charge in [0, 0.05) is 13.1 Å². The van der Waals surface area contributed by atoms with Crippen LogP contribution in [0.25, 0.3) is 0 Å². The van der Waals surface area contributed by atoms with Crippen LogP contribution < -0.4 is 10.1 Å². The van der Waals surface area contributed by atoms with Gasteiger partial charge in [0.25, 0.3) is 5.91 Å². The van der Waals surface area contributed by atoms with Crippen molar-refractivity contribution in [2.45, 2.75) is 26.3 Å². The maximum Gasteiger partial charge on any atom is 0.261 e. The largest absolute Gasteiger partial charge is 0.482 e. The molecule has 2 rings (SSSR count). The fourth-order valence-electron chi connectivity index (χ4n) is 2.68. The number of benzene rings is 2. The van der Waals surface area contributed by atoms with Gasteiger partial charge in [-0.05, 0) is 38.0 Å². The van der Waals surface area contributed by atoms with Crippen LogP contribution in [0.5, 0.6) is 5.75 Å². The van der Waals surface area contributed by atoms with Crippen LogP contribution in [-0.2, 0) is 16.0 Å². The molecule has 0 bridgehead atoms. The second-order valence-corrected chi connectivity index (χ2v) is 6.52. The summed E-state index contributed by atoms with van der Waals surface area (Å²) in [6, 6.07) is 16.3. The third kappa shape index (κ3) is 6.29. The van der Waals surface area contributed by atoms with E-state index in [-0.39, 0.29) is 18.4 Å². The first kappa shape index (κ1) is 20.8. The van der Waals surface area contributed by atoms with Crippen molar-refractivity contribution < 1.29 is 14.3 Å². The summed E-state index contributed by atoms with van der Waals surface area (Å²) in [5.41, 5.74) is 1.10. The van der Waals surface area contributed by atoms with Crippen molar-refractivity contribution in [1.29, 1.82) is 0 Å². The van der Waals surface area contributed by atoms with Gasteiger partial charge in [0.2, 0.25) is 5.91 Å². The Morgan fingerprint density at radius 2 is 1.78 bits per heavy atom. The number of nitrogens with one attached hydrogen (secondary N) is 1. The number of rotatable bonds is 9. The fourth-order valence-corrected chi connectivity index (χ4v) is 2.87. The topological polar surface area (TPSA) is 58.6 Å². The monoisotopic (exact) mass is 388 g/mol. The summed E-state index contributed by atoms with van der Waals surface area (Å²) >= 11 is 6.07. The van der Waals surface area contributed by atoms with Gasteiger partial charge in [0.1, 0.15) is 11.8 Å². The minimum atomic E-state index is -0.587. The Morgan fingerprint density at radius 1 is 1.11 bits per heavy atom. The molecule has 2 amide bonds. The molecule has 0 aromatic heterocycles. The molecule has 144 valence electrons. The highest BCUT2D eigenvalue weighted by molar-refractivity contribution is 6.32. The van der Waals surface area contributed by atoms with Crippen molar-refractivity contribution >= 4 is 23.4 Å². The normalized spacial score (nSPS) is 11.5. The average Bonchev–Trinajstić information content (AvgIpc) is 2.68. The van der Waals surface area contributed by atoms with Gasteiger partial charge in [-0.3, -0.25) is 9.59 Å². The molecule has 0 aliphatic rings. The number of likely N-dealkylation sites (N-methyl/N-ethyl adjacent to an activating group) is 1. The van der Waals surface area contributed by atoms with Crippen LogP contribution >= 0.6 is 11.6 Å². The summed E-state index contributed by atoms with van der Waals surface area (Å²) in [6.07, 6.45) is 0.655. The molecule has 2 aromatic rings. The molecule has 0 saturated heterocycles. The molecular formula is C21H25ClN2O3. The van der Waals surface area contributed by atoms with Crippen molar-refractivity contribution in [3.63, 3.8) is 0 Å². The van der Waals surface area contributed by atoms with E-state index in [1.165, 1.54) is 0 Å². The van der Waals surface area contributed by atoms with E-state index in [0.29, 0.717) is 30.3 Å². The van der Waals surface area contributed by atoms with E-state index in [0.717, 1.165) is 5.56 Å². The Bertz CT molecular complexity index is 752. The van der Waals surface area contributed by atoms with Crippen molar-refractivity contribution in [2.75, 3.05) is 19.7 Å². The van der Waals surface area contributed by atoms with Gasteiger partial charge in [0.05, 0.1) is 5.02 Å². The van der Waals surface area contributed by atoms with Gasteiger partial charge in [-0.25, -0.2) is 0 Å². The van der Waals surface area contributed by atoms with Crippen molar-refractivity contribution in [3.8, 4) is 5.75 Å². The first-order valence-corrected chi connectivity index (χ1v) is 9.39. The van der Waals surface area contributed by atoms with Gasteiger partial charge >= 0.3 is 0 Å². The number of hydrogen-bond acceptors (Lipinski definition) is 3. The van der Waals surface area contributed by atoms with Gasteiger partial charge in [-0.15, -0.1) is 0 Å². The molecule has 0 saturated carbocycles. The second kappa shape index (κ2) is 10.6. The minimum Gasteiger partial charge on any atom is -0.482 e. The summed E-state index contributed by atoms with van der Waals surface area (Å²) < 4.78 is 5.57. The van der Waals surface area contributed by atoms with Crippen LogP contribution in [-0.4, -0.2) is 42.5 Å². The lowest BCUT2D eigenvalue weighted by atomic mass is 10.1. The zero-order valence-corrected chi connectivity index (χ0v) is 16.4. The van der Waals surface area contributed by atoms with Crippen molar-refractivity contribution in [1.82, 2.24) is 10.2 Å². The van der Waals surface area contributed by atoms with E-state index in [1.54, 1.807) is 36.1 Å². The summed E-state index contributed by atoms with van der Waals surface area (Å²) in [6.45, 7) is 4.33. The number of hydrogen-bond donors (Lipinski definition) is 1. The fraction of sp³-hybridized carbons (Fsp3) is 0.333. The molecule has 1 N–H and O–H groups in total. The SMILES string of the molecule is CCNC(=O)[C@H](C)N(CCc1ccccc1)C(=O)COc1ccccc1Cl. The second-order valence-electron chi connectivity index (χ2n) is 6.11. The molecule has 6 heteroatoms.